The number of hydrogen-bond acceptors (Lipinski definition) is 4. The van der Waals surface area contributed by atoms with E-state index < -0.39 is 10.0 Å². The average molecular weight is 316 g/mol. The fraction of sp³-hybridized carbons (Fsp3) is 0.200. The summed E-state index contributed by atoms with van der Waals surface area (Å²) in [6, 6.07) is 10.4. The second-order valence-electron chi connectivity index (χ2n) is 5.19. The molecule has 2 aromatic heterocycles. The largest absolute Gasteiger partial charge is 0.265 e. The molecule has 22 heavy (non-hydrogen) atoms. The van der Waals surface area contributed by atoms with E-state index in [1.54, 1.807) is 41.3 Å². The van der Waals surface area contributed by atoms with Gasteiger partial charge in [0.05, 0.1) is 11.7 Å². The lowest BCUT2D eigenvalue weighted by atomic mass is 10.2. The lowest BCUT2D eigenvalue weighted by molar-refractivity contribution is 0.539. The van der Waals surface area contributed by atoms with Crippen molar-refractivity contribution in [1.29, 1.82) is 0 Å². The number of nitrogens with one attached hydrogen (secondary N) is 1. The Kier molecular flexibility index (Phi) is 3.58. The van der Waals surface area contributed by atoms with Gasteiger partial charge < -0.3 is 0 Å². The zero-order chi connectivity index (χ0) is 15.7. The first-order chi connectivity index (χ1) is 10.5. The summed E-state index contributed by atoms with van der Waals surface area (Å²) in [4.78, 5) is 4.35. The Morgan fingerprint density at radius 2 is 1.86 bits per heavy atom. The van der Waals surface area contributed by atoms with Crippen molar-refractivity contribution in [3.8, 4) is 0 Å². The van der Waals surface area contributed by atoms with Gasteiger partial charge in [-0.2, -0.15) is 5.10 Å². The smallest absolute Gasteiger partial charge is 0.263 e. The van der Waals surface area contributed by atoms with Crippen molar-refractivity contribution in [2.75, 3.05) is 4.72 Å². The van der Waals surface area contributed by atoms with Crippen LogP contribution in [0.5, 0.6) is 0 Å². The number of nitrogens with zero attached hydrogens (tertiary/aromatic N) is 3. The van der Waals surface area contributed by atoms with Crippen LogP contribution >= 0.6 is 0 Å². The summed E-state index contributed by atoms with van der Waals surface area (Å²) in [7, 11) is -3.74. The molecule has 1 N–H and O–H groups in total. The van der Waals surface area contributed by atoms with Crippen LogP contribution in [0.2, 0.25) is 0 Å². The highest BCUT2D eigenvalue weighted by Gasteiger charge is 2.20. The first kappa shape index (κ1) is 14.5. The quantitative estimate of drug-likeness (QED) is 0.803. The fourth-order valence-corrected chi connectivity index (χ4v) is 3.52. The summed E-state index contributed by atoms with van der Waals surface area (Å²) < 4.78 is 29.6. The predicted molar refractivity (Wildman–Crippen MR) is 85.2 cm³/mol. The number of rotatable bonds is 4. The van der Waals surface area contributed by atoms with Crippen LogP contribution < -0.4 is 4.72 Å². The van der Waals surface area contributed by atoms with Crippen molar-refractivity contribution in [2.45, 2.75) is 24.8 Å². The van der Waals surface area contributed by atoms with Crippen LogP contribution in [0, 0.1) is 0 Å². The van der Waals surface area contributed by atoms with E-state index in [4.69, 9.17) is 0 Å². The predicted octanol–water partition coefficient (Wildman–Crippen LogP) is 2.81. The summed E-state index contributed by atoms with van der Waals surface area (Å²) in [6.07, 6.45) is 3.15. The molecule has 0 spiro atoms. The molecule has 0 saturated heterocycles. The number of aromatic nitrogens is 3. The molecule has 7 heteroatoms. The average Bonchev–Trinajstić information content (AvgIpc) is 2.94. The van der Waals surface area contributed by atoms with Crippen molar-refractivity contribution in [3.05, 3.63) is 48.8 Å². The SMILES string of the molecule is CC(C)n1nccc1NS(=O)(=O)c1cccc2cccnc12. The Labute approximate surface area is 128 Å². The third-order valence-electron chi connectivity index (χ3n) is 3.28. The minimum absolute atomic E-state index is 0.0540. The molecule has 0 radical (unpaired) electrons. The third-order valence-corrected chi connectivity index (χ3v) is 4.67. The normalized spacial score (nSPS) is 12.0. The van der Waals surface area contributed by atoms with Crippen molar-refractivity contribution in [3.63, 3.8) is 0 Å². The summed E-state index contributed by atoms with van der Waals surface area (Å²) >= 11 is 0. The van der Waals surface area contributed by atoms with Gasteiger partial charge in [0.1, 0.15) is 10.7 Å². The van der Waals surface area contributed by atoms with Crippen molar-refractivity contribution >= 4 is 26.7 Å². The number of pyridine rings is 1. The summed E-state index contributed by atoms with van der Waals surface area (Å²) in [5.41, 5.74) is 0.452. The Balaban J connectivity index is 2.07. The van der Waals surface area contributed by atoms with Crippen LogP contribution in [0.3, 0.4) is 0 Å². The maximum absolute atomic E-state index is 12.7. The number of hydrogen-bond donors (Lipinski definition) is 1. The second kappa shape index (κ2) is 5.42. The van der Waals surface area contributed by atoms with Gasteiger partial charge in [-0.05, 0) is 26.0 Å². The molecule has 3 rings (SSSR count). The van der Waals surface area contributed by atoms with E-state index in [9.17, 15) is 8.42 Å². The highest BCUT2D eigenvalue weighted by atomic mass is 32.2. The molecule has 0 saturated carbocycles. The van der Waals surface area contributed by atoms with E-state index in [-0.39, 0.29) is 10.9 Å². The lowest BCUT2D eigenvalue weighted by Crippen LogP contribution is -2.17. The maximum Gasteiger partial charge on any atom is 0.265 e. The van der Waals surface area contributed by atoms with Gasteiger partial charge in [0.15, 0.2) is 0 Å². The van der Waals surface area contributed by atoms with Gasteiger partial charge in [0, 0.05) is 23.7 Å². The van der Waals surface area contributed by atoms with E-state index in [0.717, 1.165) is 5.39 Å². The highest BCUT2D eigenvalue weighted by Crippen LogP contribution is 2.24. The molecule has 0 aliphatic carbocycles. The summed E-state index contributed by atoms with van der Waals surface area (Å²) in [5, 5.41) is 4.91. The molecule has 0 bridgehead atoms. The first-order valence-corrected chi connectivity index (χ1v) is 8.37. The molecule has 3 aromatic rings. The molecule has 2 heterocycles. The van der Waals surface area contributed by atoms with Crippen LogP contribution in [0.15, 0.2) is 53.7 Å². The third kappa shape index (κ3) is 2.55. The van der Waals surface area contributed by atoms with Gasteiger partial charge in [-0.1, -0.05) is 18.2 Å². The van der Waals surface area contributed by atoms with Gasteiger partial charge in [0.2, 0.25) is 0 Å². The molecule has 0 aliphatic heterocycles. The van der Waals surface area contributed by atoms with Gasteiger partial charge in [-0.15, -0.1) is 0 Å². The standard InChI is InChI=1S/C15H16N4O2S/c1-11(2)19-14(8-10-17-19)18-22(20,21)13-7-3-5-12-6-4-9-16-15(12)13/h3-11,18H,1-2H3. The van der Waals surface area contributed by atoms with Crippen molar-refractivity contribution < 1.29 is 8.42 Å². The Bertz CT molecular complexity index is 911. The number of para-hydroxylation sites is 1. The van der Waals surface area contributed by atoms with E-state index in [1.165, 1.54) is 0 Å². The topological polar surface area (TPSA) is 76.9 Å². The first-order valence-electron chi connectivity index (χ1n) is 6.89. The van der Waals surface area contributed by atoms with Gasteiger partial charge in [-0.3, -0.25) is 9.71 Å². The second-order valence-corrected chi connectivity index (χ2v) is 6.84. The Morgan fingerprint density at radius 1 is 1.09 bits per heavy atom. The molecule has 0 atom stereocenters. The number of fused-ring (bicyclic) bond motifs is 1. The Morgan fingerprint density at radius 3 is 2.64 bits per heavy atom. The molecular formula is C15H16N4O2S. The van der Waals surface area contributed by atoms with Crippen molar-refractivity contribution in [2.24, 2.45) is 0 Å². The minimum atomic E-state index is -3.74. The molecule has 6 nitrogen and oxygen atoms in total. The van der Waals surface area contributed by atoms with Crippen LogP contribution in [0.4, 0.5) is 5.82 Å². The molecule has 0 unspecified atom stereocenters. The molecule has 114 valence electrons. The molecular weight excluding hydrogens is 300 g/mol. The van der Waals surface area contributed by atoms with Gasteiger partial charge in [-0.25, -0.2) is 13.1 Å². The van der Waals surface area contributed by atoms with E-state index in [0.29, 0.717) is 11.3 Å². The van der Waals surface area contributed by atoms with Crippen LogP contribution in [0.25, 0.3) is 10.9 Å². The van der Waals surface area contributed by atoms with E-state index in [2.05, 4.69) is 14.8 Å². The highest BCUT2D eigenvalue weighted by molar-refractivity contribution is 7.93. The van der Waals surface area contributed by atoms with Gasteiger partial charge >= 0.3 is 0 Å². The van der Waals surface area contributed by atoms with Crippen LogP contribution in [-0.2, 0) is 10.0 Å². The molecule has 0 aliphatic rings. The van der Waals surface area contributed by atoms with E-state index in [1.807, 2.05) is 26.0 Å². The zero-order valence-corrected chi connectivity index (χ0v) is 13.1. The van der Waals surface area contributed by atoms with Crippen LogP contribution in [-0.4, -0.2) is 23.2 Å². The molecule has 1 aromatic carbocycles. The summed E-state index contributed by atoms with van der Waals surface area (Å²) in [5.74, 6) is 0.433. The minimum Gasteiger partial charge on any atom is -0.263 e. The Hall–Kier alpha value is -2.41. The molecule has 0 fully saturated rings. The van der Waals surface area contributed by atoms with Crippen molar-refractivity contribution in [1.82, 2.24) is 14.8 Å². The maximum atomic E-state index is 12.7. The molecule has 0 amide bonds. The van der Waals surface area contributed by atoms with Gasteiger partial charge in [0.25, 0.3) is 10.0 Å². The lowest BCUT2D eigenvalue weighted by Gasteiger charge is -2.13. The zero-order valence-electron chi connectivity index (χ0n) is 12.3. The number of anilines is 1. The number of benzene rings is 1. The number of sulfonamides is 1. The van der Waals surface area contributed by atoms with Crippen LogP contribution in [0.1, 0.15) is 19.9 Å². The monoisotopic (exact) mass is 316 g/mol. The summed E-state index contributed by atoms with van der Waals surface area (Å²) in [6.45, 7) is 3.87. The van der Waals surface area contributed by atoms with E-state index >= 15 is 0 Å². The fourth-order valence-electron chi connectivity index (χ4n) is 2.29.